The van der Waals surface area contributed by atoms with Crippen LogP contribution in [0, 0.1) is 10.1 Å². The first-order valence-electron chi connectivity index (χ1n) is 6.33. The summed E-state index contributed by atoms with van der Waals surface area (Å²) in [6.45, 7) is 0.429. The first-order valence-corrected chi connectivity index (χ1v) is 6.33. The molecule has 0 unspecified atom stereocenters. The lowest BCUT2D eigenvalue weighted by atomic mass is 10.1. The van der Waals surface area contributed by atoms with Gasteiger partial charge in [0, 0.05) is 12.6 Å². The molecule has 0 aromatic heterocycles. The molecule has 1 atom stereocenters. The lowest BCUT2D eigenvalue weighted by Crippen LogP contribution is -2.37. The monoisotopic (exact) mass is 280 g/mol. The molecule has 7 nitrogen and oxygen atoms in total. The van der Waals surface area contributed by atoms with Crippen LogP contribution in [0.25, 0.3) is 0 Å². The van der Waals surface area contributed by atoms with Crippen molar-refractivity contribution in [3.63, 3.8) is 0 Å². The highest BCUT2D eigenvalue weighted by Crippen LogP contribution is 2.32. The van der Waals surface area contributed by atoms with Gasteiger partial charge in [0.1, 0.15) is 0 Å². The quantitative estimate of drug-likeness (QED) is 0.660. The van der Waals surface area contributed by atoms with Crippen LogP contribution in [0.4, 0.5) is 5.69 Å². The summed E-state index contributed by atoms with van der Waals surface area (Å²) in [7, 11) is 1.30. The van der Waals surface area contributed by atoms with E-state index in [1.54, 1.807) is 4.90 Å². The van der Waals surface area contributed by atoms with Gasteiger partial charge < -0.3 is 14.7 Å². The number of para-hydroxylation sites is 1. The molecule has 7 heteroatoms. The summed E-state index contributed by atoms with van der Waals surface area (Å²) in [6.07, 6.45) is 1.55. The molecule has 1 aliphatic heterocycles. The van der Waals surface area contributed by atoms with E-state index in [2.05, 4.69) is 0 Å². The Hall–Kier alpha value is -2.15. The van der Waals surface area contributed by atoms with Gasteiger partial charge in [-0.15, -0.1) is 0 Å². The van der Waals surface area contributed by atoms with Crippen molar-refractivity contribution in [1.82, 2.24) is 4.90 Å². The fraction of sp³-hybridized carbons (Fsp3) is 0.462. The summed E-state index contributed by atoms with van der Waals surface area (Å²) >= 11 is 0. The first-order chi connectivity index (χ1) is 9.60. The topological polar surface area (TPSA) is 92.9 Å². The minimum absolute atomic E-state index is 0.0360. The molecular formula is C13H16N2O5. The molecule has 1 N–H and O–H groups in total. The molecule has 0 aliphatic carbocycles. The Labute approximate surface area is 115 Å². The minimum Gasteiger partial charge on any atom is -0.490 e. The number of benzene rings is 1. The second kappa shape index (κ2) is 5.87. The van der Waals surface area contributed by atoms with Gasteiger partial charge in [-0.2, -0.15) is 0 Å². The third-order valence-corrected chi connectivity index (χ3v) is 3.47. The van der Waals surface area contributed by atoms with Crippen LogP contribution in [0.3, 0.4) is 0 Å². The van der Waals surface area contributed by atoms with Crippen molar-refractivity contribution in [2.45, 2.75) is 18.9 Å². The number of amides is 1. The average molecular weight is 280 g/mol. The van der Waals surface area contributed by atoms with Crippen LogP contribution in [0.15, 0.2) is 18.2 Å². The lowest BCUT2D eigenvalue weighted by molar-refractivity contribution is -0.385. The van der Waals surface area contributed by atoms with E-state index in [4.69, 9.17) is 4.74 Å². The summed E-state index contributed by atoms with van der Waals surface area (Å²) in [5.74, 6) is -0.381. The van der Waals surface area contributed by atoms with Gasteiger partial charge in [-0.1, -0.05) is 6.07 Å². The molecule has 0 bridgehead atoms. The van der Waals surface area contributed by atoms with Crippen molar-refractivity contribution < 1.29 is 19.6 Å². The van der Waals surface area contributed by atoms with E-state index in [-0.39, 0.29) is 35.6 Å². The number of nitrogens with zero attached hydrogens (tertiary/aromatic N) is 2. The number of nitro groups is 1. The maximum Gasteiger partial charge on any atom is 0.311 e. The summed E-state index contributed by atoms with van der Waals surface area (Å²) < 4.78 is 5.04. The number of hydrogen-bond donors (Lipinski definition) is 1. The number of likely N-dealkylation sites (tertiary alicyclic amines) is 1. The number of rotatable bonds is 4. The first kappa shape index (κ1) is 14.3. The Bertz CT molecular complexity index is 531. The molecule has 0 saturated carbocycles. The van der Waals surface area contributed by atoms with Gasteiger partial charge in [0.05, 0.1) is 30.2 Å². The van der Waals surface area contributed by atoms with E-state index in [0.717, 1.165) is 12.8 Å². The summed E-state index contributed by atoms with van der Waals surface area (Å²) in [6, 6.07) is 4.02. The van der Waals surface area contributed by atoms with E-state index in [1.165, 1.54) is 25.3 Å². The summed E-state index contributed by atoms with van der Waals surface area (Å²) in [5.41, 5.74) is -0.0832. The normalized spacial score (nSPS) is 18.1. The number of nitro benzene ring substituents is 1. The van der Waals surface area contributed by atoms with Crippen LogP contribution in [0.2, 0.25) is 0 Å². The maximum absolute atomic E-state index is 12.5. The van der Waals surface area contributed by atoms with Gasteiger partial charge in [-0.25, -0.2) is 0 Å². The van der Waals surface area contributed by atoms with Gasteiger partial charge in [-0.05, 0) is 18.9 Å². The average Bonchev–Trinajstić information content (AvgIpc) is 2.93. The maximum atomic E-state index is 12.5. The zero-order valence-electron chi connectivity index (χ0n) is 11.1. The molecule has 1 aromatic carbocycles. The largest absolute Gasteiger partial charge is 0.490 e. The van der Waals surface area contributed by atoms with Crippen molar-refractivity contribution >= 4 is 11.6 Å². The second-order valence-electron chi connectivity index (χ2n) is 4.59. The zero-order valence-corrected chi connectivity index (χ0v) is 11.1. The van der Waals surface area contributed by atoms with E-state index in [0.29, 0.717) is 6.54 Å². The van der Waals surface area contributed by atoms with Gasteiger partial charge >= 0.3 is 5.69 Å². The van der Waals surface area contributed by atoms with Crippen LogP contribution in [0.5, 0.6) is 5.75 Å². The van der Waals surface area contributed by atoms with Crippen molar-refractivity contribution in [2.24, 2.45) is 0 Å². The third kappa shape index (κ3) is 2.44. The van der Waals surface area contributed by atoms with Crippen LogP contribution >= 0.6 is 0 Å². The zero-order chi connectivity index (χ0) is 14.7. The van der Waals surface area contributed by atoms with Gasteiger partial charge in [0.25, 0.3) is 5.91 Å². The summed E-state index contributed by atoms with van der Waals surface area (Å²) in [5, 5.41) is 20.2. The number of aliphatic hydroxyl groups is 1. The van der Waals surface area contributed by atoms with Gasteiger partial charge in [0.2, 0.25) is 5.75 Å². The van der Waals surface area contributed by atoms with Gasteiger partial charge in [0.15, 0.2) is 0 Å². The van der Waals surface area contributed by atoms with Crippen LogP contribution in [0.1, 0.15) is 23.2 Å². The van der Waals surface area contributed by atoms with E-state index in [1.807, 2.05) is 0 Å². The molecular weight excluding hydrogens is 264 g/mol. The Morgan fingerprint density at radius 2 is 2.35 bits per heavy atom. The molecule has 1 heterocycles. The van der Waals surface area contributed by atoms with Crippen LogP contribution < -0.4 is 4.74 Å². The number of carbonyl (C=O) groups is 1. The minimum atomic E-state index is -0.580. The predicted octanol–water partition coefficient (Wildman–Crippen LogP) is 1.20. The summed E-state index contributed by atoms with van der Waals surface area (Å²) in [4.78, 5) is 24.4. The molecule has 108 valence electrons. The highest BCUT2D eigenvalue weighted by molar-refractivity contribution is 5.98. The molecule has 0 radical (unpaired) electrons. The van der Waals surface area contributed by atoms with Crippen molar-refractivity contribution in [3.8, 4) is 5.75 Å². The molecule has 1 saturated heterocycles. The molecule has 2 rings (SSSR count). The van der Waals surface area contributed by atoms with E-state index in [9.17, 15) is 20.0 Å². The Kier molecular flexibility index (Phi) is 4.19. The van der Waals surface area contributed by atoms with Crippen molar-refractivity contribution in [3.05, 3.63) is 33.9 Å². The molecule has 1 aliphatic rings. The Morgan fingerprint density at radius 3 is 2.95 bits per heavy atom. The molecule has 0 spiro atoms. The fourth-order valence-corrected chi connectivity index (χ4v) is 2.50. The fourth-order valence-electron chi connectivity index (χ4n) is 2.50. The predicted molar refractivity (Wildman–Crippen MR) is 70.8 cm³/mol. The highest BCUT2D eigenvalue weighted by atomic mass is 16.6. The molecule has 1 aromatic rings. The van der Waals surface area contributed by atoms with E-state index < -0.39 is 4.92 Å². The van der Waals surface area contributed by atoms with Crippen LogP contribution in [-0.4, -0.2) is 47.1 Å². The van der Waals surface area contributed by atoms with Crippen molar-refractivity contribution in [1.29, 1.82) is 0 Å². The third-order valence-electron chi connectivity index (χ3n) is 3.47. The molecule has 20 heavy (non-hydrogen) atoms. The standard InChI is InChI=1S/C13H16N2O5/c1-20-12-10(5-2-6-11(12)15(18)19)13(17)14-7-3-4-9(14)8-16/h2,5-6,9,16H,3-4,7-8H2,1H3/t9-/m0/s1. The number of hydrogen-bond acceptors (Lipinski definition) is 5. The lowest BCUT2D eigenvalue weighted by Gasteiger charge is -2.23. The number of ether oxygens (including phenoxy) is 1. The Morgan fingerprint density at radius 1 is 1.60 bits per heavy atom. The number of methoxy groups -OCH3 is 1. The van der Waals surface area contributed by atoms with Crippen LogP contribution in [-0.2, 0) is 0 Å². The molecule has 1 amide bonds. The second-order valence-corrected chi connectivity index (χ2v) is 4.59. The SMILES string of the molecule is COc1c(C(=O)N2CCC[C@H]2CO)cccc1[N+](=O)[O-]. The number of aliphatic hydroxyl groups excluding tert-OH is 1. The number of carbonyl (C=O) groups excluding carboxylic acids is 1. The highest BCUT2D eigenvalue weighted by Gasteiger charge is 2.32. The van der Waals surface area contributed by atoms with Crippen molar-refractivity contribution in [2.75, 3.05) is 20.3 Å². The molecule has 1 fully saturated rings. The smallest absolute Gasteiger partial charge is 0.311 e. The van der Waals surface area contributed by atoms with Gasteiger partial charge in [-0.3, -0.25) is 14.9 Å². The Balaban J connectivity index is 2.39. The van der Waals surface area contributed by atoms with E-state index >= 15 is 0 Å².